The fourth-order valence-corrected chi connectivity index (χ4v) is 6.42. The molecule has 0 fully saturated rings. The van der Waals surface area contributed by atoms with Crippen molar-refractivity contribution in [3.63, 3.8) is 0 Å². The highest BCUT2D eigenvalue weighted by molar-refractivity contribution is 6.13. The van der Waals surface area contributed by atoms with Crippen LogP contribution >= 0.6 is 0 Å². The van der Waals surface area contributed by atoms with Crippen LogP contribution in [0.5, 0.6) is 23.3 Å². The van der Waals surface area contributed by atoms with Gasteiger partial charge in [-0.3, -0.25) is 4.98 Å². The molecule has 0 saturated heterocycles. The third-order valence-corrected chi connectivity index (χ3v) is 8.41. The molecule has 1 aliphatic heterocycles. The Morgan fingerprint density at radius 2 is 1.66 bits per heavy atom. The summed E-state index contributed by atoms with van der Waals surface area (Å²) in [6, 6.07) is 29.3. The van der Waals surface area contributed by atoms with Crippen LogP contribution in [-0.2, 0) is 13.6 Å². The minimum atomic E-state index is 0.341. The van der Waals surface area contributed by atoms with Gasteiger partial charge >= 0.3 is 11.8 Å². The number of nitrogens with zero attached hydrogens (tertiary/aromatic N) is 4. The lowest BCUT2D eigenvalue weighted by atomic mass is 9.95. The van der Waals surface area contributed by atoms with Gasteiger partial charge in [0, 0.05) is 0 Å². The number of para-hydroxylation sites is 3. The summed E-state index contributed by atoms with van der Waals surface area (Å²) in [6.45, 7) is 7.16. The van der Waals surface area contributed by atoms with Gasteiger partial charge in [0.1, 0.15) is 16.7 Å². The van der Waals surface area contributed by atoms with Crippen LogP contribution in [0.1, 0.15) is 36.5 Å². The van der Waals surface area contributed by atoms with E-state index in [2.05, 4.69) is 89.9 Å². The van der Waals surface area contributed by atoms with E-state index in [0.29, 0.717) is 12.5 Å². The van der Waals surface area contributed by atoms with Gasteiger partial charge in [-0.25, -0.2) is 4.57 Å². The Balaban J connectivity index is 1.47. The second kappa shape index (κ2) is 8.77. The van der Waals surface area contributed by atoms with E-state index in [1.165, 1.54) is 22.0 Å². The number of ether oxygens (including phenoxy) is 2. The first-order valence-electron chi connectivity index (χ1n) is 14.1. The van der Waals surface area contributed by atoms with Crippen LogP contribution in [0.4, 0.5) is 0 Å². The van der Waals surface area contributed by atoms with Crippen LogP contribution in [0.2, 0.25) is 0 Å². The standard InChI is InChI=1S/C35H30N4O2/c1-21(2)23-12-9-15-27-32(23)34-33(35-37(4)25-13-6-7-14-26(25)39(27)35)24-20-38-30(40-28-16-8-5-11-22(28)3)17-10-18-31(38)41-29(24)19-36-34/h5-19,21H,20H2,1-4H3/q+2. The lowest BCUT2D eigenvalue weighted by Crippen LogP contribution is -2.40. The zero-order chi connectivity index (χ0) is 27.8. The van der Waals surface area contributed by atoms with Gasteiger partial charge in [0.2, 0.25) is 0 Å². The van der Waals surface area contributed by atoms with Crippen molar-refractivity contribution in [3.8, 4) is 23.3 Å². The van der Waals surface area contributed by atoms with Gasteiger partial charge in [0.25, 0.3) is 5.65 Å². The van der Waals surface area contributed by atoms with Gasteiger partial charge in [-0.2, -0.15) is 4.40 Å². The highest BCUT2D eigenvalue weighted by Crippen LogP contribution is 2.41. The quantitative estimate of drug-likeness (QED) is 0.175. The highest BCUT2D eigenvalue weighted by Gasteiger charge is 2.35. The molecule has 6 nitrogen and oxygen atoms in total. The molecule has 200 valence electrons. The molecule has 0 bridgehead atoms. The van der Waals surface area contributed by atoms with E-state index in [4.69, 9.17) is 14.5 Å². The van der Waals surface area contributed by atoms with E-state index in [-0.39, 0.29) is 0 Å². The number of hydrogen-bond acceptors (Lipinski definition) is 3. The van der Waals surface area contributed by atoms with E-state index < -0.39 is 0 Å². The molecule has 0 atom stereocenters. The van der Waals surface area contributed by atoms with E-state index in [0.717, 1.165) is 56.5 Å². The Hall–Kier alpha value is -4.97. The maximum atomic E-state index is 6.55. The SMILES string of the molecule is Cc1ccccc1Oc1cccc2[n+]1Cc1c(cnc3c4c(C(C)C)cccc4n4c5ccccc5[n+](C)c4c13)O2. The number of aryl methyl sites for hydroxylation is 2. The predicted molar refractivity (Wildman–Crippen MR) is 160 cm³/mol. The Labute approximate surface area is 237 Å². The minimum Gasteiger partial charge on any atom is -0.405 e. The van der Waals surface area contributed by atoms with Crippen LogP contribution in [-0.4, -0.2) is 9.38 Å². The largest absolute Gasteiger partial charge is 0.405 e. The molecular weight excluding hydrogens is 508 g/mol. The lowest BCUT2D eigenvalue weighted by molar-refractivity contribution is -0.699. The normalized spacial score (nSPS) is 12.7. The Morgan fingerprint density at radius 1 is 0.878 bits per heavy atom. The Kier molecular flexibility index (Phi) is 5.10. The molecule has 0 saturated carbocycles. The molecule has 0 N–H and O–H groups in total. The minimum absolute atomic E-state index is 0.341. The summed E-state index contributed by atoms with van der Waals surface area (Å²) in [6.07, 6.45) is 1.89. The van der Waals surface area contributed by atoms with E-state index in [9.17, 15) is 0 Å². The summed E-state index contributed by atoms with van der Waals surface area (Å²) < 4.78 is 19.8. The molecule has 0 amide bonds. The second-order valence-electron chi connectivity index (χ2n) is 11.2. The van der Waals surface area contributed by atoms with Gasteiger partial charge in [0.05, 0.1) is 41.8 Å². The first-order chi connectivity index (χ1) is 20.0. The first-order valence-corrected chi connectivity index (χ1v) is 14.1. The summed E-state index contributed by atoms with van der Waals surface area (Å²) in [5.74, 6) is 3.41. The average molecular weight is 539 g/mol. The number of benzene rings is 3. The lowest BCUT2D eigenvalue weighted by Gasteiger charge is -2.19. The van der Waals surface area contributed by atoms with E-state index in [1.54, 1.807) is 0 Å². The molecule has 0 aliphatic carbocycles. The second-order valence-corrected chi connectivity index (χ2v) is 11.2. The summed E-state index contributed by atoms with van der Waals surface area (Å²) in [4.78, 5) is 5.11. The van der Waals surface area contributed by atoms with Crippen molar-refractivity contribution >= 4 is 38.5 Å². The smallest absolute Gasteiger partial charge is 0.376 e. The molecule has 0 unspecified atom stereocenters. The molecule has 0 spiro atoms. The highest BCUT2D eigenvalue weighted by atomic mass is 16.5. The molecular formula is C35H30N4O2+2. The summed E-state index contributed by atoms with van der Waals surface area (Å²) >= 11 is 0. The van der Waals surface area contributed by atoms with Crippen LogP contribution < -0.4 is 18.6 Å². The zero-order valence-electron chi connectivity index (χ0n) is 23.6. The van der Waals surface area contributed by atoms with Gasteiger partial charge in [-0.15, -0.1) is 4.57 Å². The van der Waals surface area contributed by atoms with Gasteiger partial charge in [0.15, 0.2) is 23.3 Å². The molecule has 5 heterocycles. The van der Waals surface area contributed by atoms with Crippen molar-refractivity contribution in [2.75, 3.05) is 0 Å². The maximum Gasteiger partial charge on any atom is 0.376 e. The van der Waals surface area contributed by atoms with Crippen LogP contribution in [0.3, 0.4) is 0 Å². The molecule has 7 aromatic rings. The third-order valence-electron chi connectivity index (χ3n) is 8.41. The molecule has 6 heteroatoms. The molecule has 3 aromatic carbocycles. The summed E-state index contributed by atoms with van der Waals surface area (Å²) in [5.41, 5.74) is 9.07. The van der Waals surface area contributed by atoms with Crippen molar-refractivity contribution in [1.29, 1.82) is 0 Å². The van der Waals surface area contributed by atoms with Crippen LogP contribution in [0.25, 0.3) is 38.5 Å². The monoisotopic (exact) mass is 538 g/mol. The average Bonchev–Trinajstić information content (AvgIpc) is 3.29. The zero-order valence-corrected chi connectivity index (χ0v) is 23.6. The maximum absolute atomic E-state index is 6.55. The first kappa shape index (κ1) is 23.9. The van der Waals surface area contributed by atoms with Crippen molar-refractivity contribution in [2.24, 2.45) is 7.05 Å². The van der Waals surface area contributed by atoms with Gasteiger partial charge in [-0.1, -0.05) is 56.3 Å². The van der Waals surface area contributed by atoms with Crippen LogP contribution in [0.15, 0.2) is 91.1 Å². The van der Waals surface area contributed by atoms with Crippen molar-refractivity contribution in [1.82, 2.24) is 9.38 Å². The number of fused-ring (bicyclic) bond motifs is 11. The molecule has 41 heavy (non-hydrogen) atoms. The Morgan fingerprint density at radius 3 is 2.51 bits per heavy atom. The number of imidazole rings is 1. The summed E-state index contributed by atoms with van der Waals surface area (Å²) in [7, 11) is 2.14. The van der Waals surface area contributed by atoms with Crippen molar-refractivity contribution in [3.05, 3.63) is 108 Å². The third kappa shape index (κ3) is 3.40. The summed E-state index contributed by atoms with van der Waals surface area (Å²) in [5, 5.41) is 2.29. The van der Waals surface area contributed by atoms with Crippen molar-refractivity contribution in [2.45, 2.75) is 33.2 Å². The van der Waals surface area contributed by atoms with Gasteiger partial charge in [-0.05, 0) is 54.3 Å². The fraction of sp³-hybridized carbons (Fsp3) is 0.171. The number of rotatable bonds is 3. The fourth-order valence-electron chi connectivity index (χ4n) is 6.42. The number of hydrogen-bond donors (Lipinski definition) is 0. The predicted octanol–water partition coefficient (Wildman–Crippen LogP) is 7.28. The number of aromatic nitrogens is 4. The molecule has 0 radical (unpaired) electrons. The molecule has 1 aliphatic rings. The van der Waals surface area contributed by atoms with Crippen molar-refractivity contribution < 1.29 is 18.6 Å². The van der Waals surface area contributed by atoms with E-state index >= 15 is 0 Å². The van der Waals surface area contributed by atoms with Crippen LogP contribution in [0, 0.1) is 6.92 Å². The van der Waals surface area contributed by atoms with Gasteiger partial charge < -0.3 is 9.47 Å². The molecule has 8 rings (SSSR count). The number of pyridine rings is 3. The molecule has 4 aromatic heterocycles. The topological polar surface area (TPSA) is 43.5 Å². The van der Waals surface area contributed by atoms with E-state index in [1.807, 2.05) is 42.6 Å². The Bertz CT molecular complexity index is 2200.